The molecule has 70 heavy (non-hydrogen) atoms. The van der Waals surface area contributed by atoms with Gasteiger partial charge >= 0.3 is 0 Å². The second-order valence-corrected chi connectivity index (χ2v) is 13.9. The number of guanidine groups is 4. The molecule has 0 aliphatic heterocycles. The second-order valence-electron chi connectivity index (χ2n) is 13.9. The number of hydrogen-bond acceptors (Lipinski definition) is 17. The number of nitrogens with zero attached hydrogens (tertiary/aromatic N) is 7. The smallest absolute Gasteiger partial charge is 0.299 e. The molecule has 3 aromatic carbocycles. The monoisotopic (exact) mass is 976 g/mol. The van der Waals surface area contributed by atoms with Gasteiger partial charge in [0.25, 0.3) is 40.9 Å². The lowest BCUT2D eigenvalue weighted by molar-refractivity contribution is -0.393. The second kappa shape index (κ2) is 24.8. The van der Waals surface area contributed by atoms with Crippen LogP contribution in [0.2, 0.25) is 0 Å². The Morgan fingerprint density at radius 1 is 0.586 bits per heavy atom. The Morgan fingerprint density at radius 2 is 1.00 bits per heavy atom. The summed E-state index contributed by atoms with van der Waals surface area (Å²) < 4.78 is 0. The van der Waals surface area contributed by atoms with Crippen molar-refractivity contribution in [2.75, 3.05) is 17.2 Å². The highest BCUT2D eigenvalue weighted by Crippen LogP contribution is 2.37. The van der Waals surface area contributed by atoms with E-state index in [1.165, 1.54) is 42.5 Å². The van der Waals surface area contributed by atoms with Crippen molar-refractivity contribution < 1.29 is 43.7 Å². The quantitative estimate of drug-likeness (QED) is 0.0105. The molecule has 33 heteroatoms. The predicted octanol–water partition coefficient (Wildman–Crippen LogP) is -6.87. The fraction of sp³-hybridized carbons (Fsp3) is 0.189. The molecule has 0 aliphatic carbocycles. The van der Waals surface area contributed by atoms with Gasteiger partial charge in [0.05, 0.1) is 15.9 Å². The minimum absolute atomic E-state index is 0.00860. The molecule has 372 valence electrons. The van der Waals surface area contributed by atoms with Crippen LogP contribution in [-0.4, -0.2) is 112 Å². The molecular weight excluding hydrogens is 929 g/mol. The molecule has 3 aromatic rings. The van der Waals surface area contributed by atoms with Crippen LogP contribution >= 0.6 is 0 Å². The van der Waals surface area contributed by atoms with Crippen molar-refractivity contribution in [1.29, 1.82) is 0 Å². The van der Waals surface area contributed by atoms with E-state index in [2.05, 4.69) is 30.6 Å². The number of nitro groups is 2. The van der Waals surface area contributed by atoms with E-state index in [0.717, 1.165) is 11.0 Å². The van der Waals surface area contributed by atoms with Gasteiger partial charge in [0.2, 0.25) is 36.8 Å². The van der Waals surface area contributed by atoms with E-state index in [0.29, 0.717) is 11.6 Å². The summed E-state index contributed by atoms with van der Waals surface area (Å²) in [6, 6.07) is 15.1. The fourth-order valence-corrected chi connectivity index (χ4v) is 5.71. The molecule has 0 spiro atoms. The van der Waals surface area contributed by atoms with Gasteiger partial charge in [-0.15, -0.1) is 0 Å². The number of carbonyl (C=O) groups is 6. The summed E-state index contributed by atoms with van der Waals surface area (Å²) in [5.41, 5.74) is 52.2. The minimum Gasteiger partial charge on any atom is -0.393 e. The minimum atomic E-state index is -2.42. The van der Waals surface area contributed by atoms with Gasteiger partial charge in [-0.3, -0.25) is 49.0 Å². The molecule has 33 nitrogen and oxygen atoms in total. The summed E-state index contributed by atoms with van der Waals surface area (Å²) in [6.07, 6.45) is -7.95. The molecular formula is C37H48N22O11. The van der Waals surface area contributed by atoms with E-state index in [-0.39, 0.29) is 5.56 Å². The standard InChI is InChI=1S/C37H48N22O11/c38-18-14-20(21(59(69)70)15-19(18)58(67)68)57(13-7-10-16-8-3-1-4-9-16)33(66)32(65)48-22(17-11-5-2-6-12-17)28(61)50-25(54-35(42)43)30(63)52-27(56-37(46)47)31(64)51-26(55-36(44)45)29(62)49-24(23(39)60)53-34(40)41/h1-12,14-15,22,24-27,33,66H,13,38H2,(H2,39,60)(H,48,65)(H,49,62)(H,50,61)(H,51,64)(H,52,63)(H4,40,41,53)(H4,42,43,54)(H4,44,45,55)(H4,46,47,56). The van der Waals surface area contributed by atoms with Crippen LogP contribution in [0.3, 0.4) is 0 Å². The highest BCUT2D eigenvalue weighted by Gasteiger charge is 2.36. The van der Waals surface area contributed by atoms with Crippen LogP contribution < -0.4 is 88.8 Å². The lowest BCUT2D eigenvalue weighted by atomic mass is 10.1. The molecule has 0 aliphatic rings. The van der Waals surface area contributed by atoms with Crippen molar-refractivity contribution in [3.8, 4) is 0 Å². The van der Waals surface area contributed by atoms with Crippen LogP contribution in [0.4, 0.5) is 22.7 Å². The zero-order valence-electron chi connectivity index (χ0n) is 36.2. The third-order valence-corrected chi connectivity index (χ3v) is 8.69. The van der Waals surface area contributed by atoms with Crippen molar-refractivity contribution in [2.24, 2.45) is 71.6 Å². The van der Waals surface area contributed by atoms with Gasteiger partial charge in [-0.25, -0.2) is 20.0 Å². The number of aliphatic imine (C=N–C) groups is 4. The number of primary amides is 1. The van der Waals surface area contributed by atoms with Gasteiger partial charge < -0.3 is 93.9 Å². The summed E-state index contributed by atoms with van der Waals surface area (Å²) in [5.74, 6) is -11.4. The molecule has 6 atom stereocenters. The zero-order valence-corrected chi connectivity index (χ0v) is 36.2. The Balaban J connectivity index is 2.02. The van der Waals surface area contributed by atoms with Crippen molar-refractivity contribution in [2.45, 2.75) is 36.9 Å². The van der Waals surface area contributed by atoms with Gasteiger partial charge in [0.15, 0.2) is 23.8 Å². The molecule has 6 amide bonds. The largest absolute Gasteiger partial charge is 0.393 e. The number of anilines is 2. The van der Waals surface area contributed by atoms with Crippen molar-refractivity contribution in [3.63, 3.8) is 0 Å². The van der Waals surface area contributed by atoms with Crippen LogP contribution in [0.1, 0.15) is 17.2 Å². The number of amides is 6. The molecule has 0 aromatic heterocycles. The Labute approximate surface area is 393 Å². The van der Waals surface area contributed by atoms with Gasteiger partial charge in [0.1, 0.15) is 17.4 Å². The Morgan fingerprint density at radius 3 is 1.43 bits per heavy atom. The fourth-order valence-electron chi connectivity index (χ4n) is 5.71. The number of nitrogen functional groups attached to an aromatic ring is 1. The molecule has 6 unspecified atom stereocenters. The van der Waals surface area contributed by atoms with Gasteiger partial charge in [0, 0.05) is 6.54 Å². The number of hydrogen-bond donors (Lipinski definition) is 16. The first-order valence-corrected chi connectivity index (χ1v) is 19.5. The van der Waals surface area contributed by atoms with Gasteiger partial charge in [-0.05, 0) is 17.2 Å². The molecule has 0 fully saturated rings. The molecule has 0 saturated carbocycles. The maximum atomic E-state index is 14.2. The van der Waals surface area contributed by atoms with Crippen LogP contribution in [0.15, 0.2) is 98.8 Å². The van der Waals surface area contributed by atoms with E-state index in [1.807, 2.05) is 16.0 Å². The summed E-state index contributed by atoms with van der Waals surface area (Å²) >= 11 is 0. The molecule has 0 heterocycles. The van der Waals surface area contributed by atoms with E-state index in [4.69, 9.17) is 57.3 Å². The number of nitrogens with one attached hydrogen (secondary N) is 5. The Kier molecular flexibility index (Phi) is 19.1. The van der Waals surface area contributed by atoms with E-state index >= 15 is 0 Å². The van der Waals surface area contributed by atoms with Crippen LogP contribution in [-0.2, 0) is 28.8 Å². The Bertz CT molecular complexity index is 2600. The first-order chi connectivity index (χ1) is 32.9. The number of nitrogens with two attached hydrogens (primary N) is 10. The normalized spacial score (nSPS) is 13.2. The first-order valence-electron chi connectivity index (χ1n) is 19.5. The third kappa shape index (κ3) is 16.0. The van der Waals surface area contributed by atoms with E-state index < -0.39 is 135 Å². The van der Waals surface area contributed by atoms with Crippen molar-refractivity contribution >= 4 is 88.1 Å². The highest BCUT2D eigenvalue weighted by atomic mass is 16.6. The Hall–Kier alpha value is -10.3. The molecule has 0 saturated heterocycles. The molecule has 0 radical (unpaired) electrons. The van der Waals surface area contributed by atoms with Gasteiger partial charge in [-0.2, -0.15) is 0 Å². The highest BCUT2D eigenvalue weighted by molar-refractivity contribution is 5.99. The summed E-state index contributed by atoms with van der Waals surface area (Å²) in [7, 11) is 0. The third-order valence-electron chi connectivity index (χ3n) is 8.69. The maximum absolute atomic E-state index is 14.2. The molecule has 26 N–H and O–H groups in total. The first kappa shape index (κ1) is 54.0. The van der Waals surface area contributed by atoms with E-state index in [1.54, 1.807) is 30.3 Å². The van der Waals surface area contributed by atoms with Crippen molar-refractivity contribution in [3.05, 3.63) is 110 Å². The molecule has 0 bridgehead atoms. The van der Waals surface area contributed by atoms with Crippen LogP contribution in [0, 0.1) is 20.2 Å². The van der Waals surface area contributed by atoms with E-state index in [9.17, 15) is 54.1 Å². The molecule has 3 rings (SSSR count). The lowest BCUT2D eigenvalue weighted by Crippen LogP contribution is -2.58. The summed E-state index contributed by atoms with van der Waals surface area (Å²) in [6.45, 7) is -0.482. The van der Waals surface area contributed by atoms with Gasteiger partial charge in [-0.1, -0.05) is 72.8 Å². The van der Waals surface area contributed by atoms with Crippen LogP contribution in [0.25, 0.3) is 6.08 Å². The average molecular weight is 977 g/mol. The lowest BCUT2D eigenvalue weighted by Gasteiger charge is -2.30. The SMILES string of the molecule is NC(=O)C(N=C(N)N)NC(=O)C(N=C(N)N)NC(=O)C(N=C(N)N)NC(=O)C(N=C(N)N)NC(=O)C(NC(=O)C(O)N(CC=Cc1ccccc1)c1cc(N)c([N+](=O)[O-])cc1[N+](=O)[O-])c1ccccc1. The summed E-state index contributed by atoms with van der Waals surface area (Å²) in [5, 5.41) is 45.9. The number of nitro benzene ring substituents is 2. The number of aliphatic hydroxyl groups is 1. The maximum Gasteiger partial charge on any atom is 0.299 e. The number of rotatable bonds is 23. The number of carbonyl (C=O) groups excluding carboxylic acids is 6. The summed E-state index contributed by atoms with van der Waals surface area (Å²) in [4.78, 5) is 117. The number of benzene rings is 3. The number of aliphatic hydroxyl groups excluding tert-OH is 1. The zero-order chi connectivity index (χ0) is 52.4. The topological polar surface area (TPSA) is 582 Å². The predicted molar refractivity (Wildman–Crippen MR) is 250 cm³/mol. The van der Waals surface area contributed by atoms with Crippen molar-refractivity contribution in [1.82, 2.24) is 26.6 Å². The average Bonchev–Trinajstić information content (AvgIpc) is 3.27. The van der Waals surface area contributed by atoms with Crippen LogP contribution in [0.5, 0.6) is 0 Å².